The van der Waals surface area contributed by atoms with Gasteiger partial charge in [0, 0.05) is 18.7 Å². The van der Waals surface area contributed by atoms with E-state index in [2.05, 4.69) is 0 Å². The summed E-state index contributed by atoms with van der Waals surface area (Å²) in [5.41, 5.74) is 2.25. The van der Waals surface area contributed by atoms with Crippen LogP contribution in [-0.2, 0) is 19.1 Å². The standard InChI is InChI=1S/C31H24N2O7/c1-17(34)40-20-13-11-19(12-14-20)28(35)27-25-24(26-21-8-4-3-7-18(21)15-16-32(26)27)29(36)33(30(25)37)23-10-6-5-9-22(23)31(38)39-2/h3-16,24-27H,1-2H3. The first-order valence-electron chi connectivity index (χ1n) is 12.7. The van der Waals surface area contributed by atoms with E-state index in [1.54, 1.807) is 23.2 Å². The average molecular weight is 537 g/mol. The van der Waals surface area contributed by atoms with Gasteiger partial charge in [0.25, 0.3) is 0 Å². The van der Waals surface area contributed by atoms with E-state index in [1.807, 2.05) is 30.3 Å². The fourth-order valence-electron chi connectivity index (χ4n) is 6.07. The summed E-state index contributed by atoms with van der Waals surface area (Å²) in [4.78, 5) is 69.0. The van der Waals surface area contributed by atoms with Gasteiger partial charge < -0.3 is 14.4 Å². The van der Waals surface area contributed by atoms with Crippen molar-refractivity contribution in [3.63, 3.8) is 0 Å². The fraction of sp³-hybridized carbons (Fsp3) is 0.194. The van der Waals surface area contributed by atoms with Crippen LogP contribution in [0.1, 0.15) is 44.8 Å². The lowest BCUT2D eigenvalue weighted by atomic mass is 9.83. The largest absolute Gasteiger partial charge is 0.465 e. The Kier molecular flexibility index (Phi) is 6.06. The molecule has 2 saturated heterocycles. The highest BCUT2D eigenvalue weighted by molar-refractivity contribution is 6.26. The monoisotopic (exact) mass is 536 g/mol. The van der Waals surface area contributed by atoms with Crippen LogP contribution in [-0.4, -0.2) is 47.6 Å². The summed E-state index contributed by atoms with van der Waals surface area (Å²) < 4.78 is 9.98. The lowest BCUT2D eigenvalue weighted by Crippen LogP contribution is -2.44. The van der Waals surface area contributed by atoms with Crippen LogP contribution < -0.4 is 9.64 Å². The molecule has 2 amide bonds. The van der Waals surface area contributed by atoms with Crippen LogP contribution in [0, 0.1) is 11.8 Å². The van der Waals surface area contributed by atoms with E-state index >= 15 is 0 Å². The lowest BCUT2D eigenvalue weighted by molar-refractivity contribution is -0.132. The van der Waals surface area contributed by atoms with Crippen LogP contribution in [0.15, 0.2) is 79.0 Å². The number of hydrogen-bond acceptors (Lipinski definition) is 8. The van der Waals surface area contributed by atoms with Crippen molar-refractivity contribution < 1.29 is 33.4 Å². The average Bonchev–Trinajstić information content (AvgIpc) is 3.44. The highest BCUT2D eigenvalue weighted by Gasteiger charge is 2.64. The molecular weight excluding hydrogens is 512 g/mol. The number of ether oxygens (including phenoxy) is 2. The summed E-state index contributed by atoms with van der Waals surface area (Å²) in [7, 11) is 1.23. The Morgan fingerprint density at radius 3 is 2.23 bits per heavy atom. The third-order valence-electron chi connectivity index (χ3n) is 7.68. The number of Topliss-reactive ketones (excluding diaryl/α,β-unsaturated/α-hetero) is 1. The molecule has 3 aromatic rings. The van der Waals surface area contributed by atoms with Crippen molar-refractivity contribution in [3.8, 4) is 5.75 Å². The Labute approximate surface area is 229 Å². The second-order valence-electron chi connectivity index (χ2n) is 9.84. The molecule has 0 bridgehead atoms. The number of carbonyl (C=O) groups is 5. The van der Waals surface area contributed by atoms with E-state index < -0.39 is 47.7 Å². The number of imide groups is 1. The van der Waals surface area contributed by atoms with Gasteiger partial charge in [-0.1, -0.05) is 36.4 Å². The molecule has 0 aliphatic carbocycles. The maximum absolute atomic E-state index is 14.1. The molecule has 3 aliphatic heterocycles. The molecule has 0 N–H and O–H groups in total. The van der Waals surface area contributed by atoms with Crippen molar-refractivity contribution in [2.75, 3.05) is 12.0 Å². The van der Waals surface area contributed by atoms with Gasteiger partial charge in [0.15, 0.2) is 5.78 Å². The SMILES string of the molecule is COC(=O)c1ccccc1N1C(=O)C2C(C1=O)C1c3ccccc3C=CN1C2C(=O)c1ccc(OC(C)=O)cc1. The van der Waals surface area contributed by atoms with E-state index in [0.717, 1.165) is 16.0 Å². The summed E-state index contributed by atoms with van der Waals surface area (Å²) in [5, 5.41) is 0. The number of ketones is 1. The fourth-order valence-corrected chi connectivity index (χ4v) is 6.07. The predicted octanol–water partition coefficient (Wildman–Crippen LogP) is 3.80. The molecule has 200 valence electrons. The van der Waals surface area contributed by atoms with Gasteiger partial charge >= 0.3 is 11.9 Å². The second kappa shape index (κ2) is 9.60. The Morgan fingerprint density at radius 1 is 0.825 bits per heavy atom. The minimum atomic E-state index is -1.00. The van der Waals surface area contributed by atoms with Gasteiger partial charge in [-0.3, -0.25) is 19.2 Å². The van der Waals surface area contributed by atoms with Gasteiger partial charge in [-0.25, -0.2) is 9.69 Å². The minimum Gasteiger partial charge on any atom is -0.465 e. The summed E-state index contributed by atoms with van der Waals surface area (Å²) in [6.45, 7) is 1.28. The molecule has 0 aromatic heterocycles. The Balaban J connectivity index is 1.46. The highest BCUT2D eigenvalue weighted by Crippen LogP contribution is 2.54. The molecule has 0 spiro atoms. The van der Waals surface area contributed by atoms with Gasteiger partial charge in [0.1, 0.15) is 11.8 Å². The number of anilines is 1. The zero-order chi connectivity index (χ0) is 28.1. The van der Waals surface area contributed by atoms with E-state index in [1.165, 1.54) is 50.4 Å². The third kappa shape index (κ3) is 3.81. The van der Waals surface area contributed by atoms with Crippen molar-refractivity contribution in [1.82, 2.24) is 4.90 Å². The van der Waals surface area contributed by atoms with Crippen molar-refractivity contribution in [2.24, 2.45) is 11.8 Å². The van der Waals surface area contributed by atoms with Crippen molar-refractivity contribution in [3.05, 3.63) is 101 Å². The number of para-hydroxylation sites is 1. The number of nitrogens with zero attached hydrogens (tertiary/aromatic N) is 2. The third-order valence-corrected chi connectivity index (χ3v) is 7.68. The van der Waals surface area contributed by atoms with Crippen LogP contribution in [0.2, 0.25) is 0 Å². The molecular formula is C31H24N2O7. The molecule has 4 unspecified atom stereocenters. The zero-order valence-electron chi connectivity index (χ0n) is 21.6. The molecule has 3 aromatic carbocycles. The number of benzene rings is 3. The number of esters is 2. The van der Waals surface area contributed by atoms with E-state index in [4.69, 9.17) is 9.47 Å². The smallest absolute Gasteiger partial charge is 0.339 e. The molecule has 3 heterocycles. The number of methoxy groups -OCH3 is 1. The molecule has 4 atom stereocenters. The number of hydrogen-bond donors (Lipinski definition) is 0. The number of amides is 2. The summed E-state index contributed by atoms with van der Waals surface area (Å²) in [6.07, 6.45) is 3.64. The van der Waals surface area contributed by atoms with E-state index in [9.17, 15) is 24.0 Å². The number of fused-ring (bicyclic) bond motifs is 5. The van der Waals surface area contributed by atoms with Gasteiger partial charge in [-0.15, -0.1) is 0 Å². The number of carbonyl (C=O) groups excluding carboxylic acids is 5. The van der Waals surface area contributed by atoms with Crippen molar-refractivity contribution in [1.29, 1.82) is 0 Å². The van der Waals surface area contributed by atoms with Gasteiger partial charge in [-0.2, -0.15) is 0 Å². The zero-order valence-corrected chi connectivity index (χ0v) is 21.6. The van der Waals surface area contributed by atoms with Crippen LogP contribution in [0.25, 0.3) is 6.08 Å². The van der Waals surface area contributed by atoms with Crippen molar-refractivity contribution >= 4 is 41.3 Å². The van der Waals surface area contributed by atoms with Gasteiger partial charge in [0.05, 0.1) is 36.2 Å². The maximum atomic E-state index is 14.1. The maximum Gasteiger partial charge on any atom is 0.339 e. The van der Waals surface area contributed by atoms with Crippen molar-refractivity contribution in [2.45, 2.75) is 19.0 Å². The molecule has 9 heteroatoms. The van der Waals surface area contributed by atoms with E-state index in [0.29, 0.717) is 5.56 Å². The molecule has 0 radical (unpaired) electrons. The van der Waals surface area contributed by atoms with E-state index in [-0.39, 0.29) is 22.8 Å². The first-order chi connectivity index (χ1) is 19.3. The Morgan fingerprint density at radius 2 is 1.50 bits per heavy atom. The van der Waals surface area contributed by atoms with Crippen LogP contribution >= 0.6 is 0 Å². The number of rotatable bonds is 5. The molecule has 2 fully saturated rings. The Bertz CT molecular complexity index is 1610. The van der Waals surface area contributed by atoms with Crippen LogP contribution in [0.5, 0.6) is 5.75 Å². The molecule has 6 rings (SSSR count). The van der Waals surface area contributed by atoms with Gasteiger partial charge in [-0.05, 0) is 53.6 Å². The van der Waals surface area contributed by atoms with Crippen LogP contribution in [0.4, 0.5) is 5.69 Å². The predicted molar refractivity (Wildman–Crippen MR) is 143 cm³/mol. The normalized spacial score (nSPS) is 22.4. The van der Waals surface area contributed by atoms with Crippen LogP contribution in [0.3, 0.4) is 0 Å². The quantitative estimate of drug-likeness (QED) is 0.210. The molecule has 9 nitrogen and oxygen atoms in total. The lowest BCUT2D eigenvalue weighted by Gasteiger charge is -2.35. The highest BCUT2D eigenvalue weighted by atomic mass is 16.5. The molecule has 40 heavy (non-hydrogen) atoms. The molecule has 0 saturated carbocycles. The molecule has 3 aliphatic rings. The first-order valence-corrected chi connectivity index (χ1v) is 12.7. The topological polar surface area (TPSA) is 110 Å². The Hall–Kier alpha value is -5.05. The summed E-state index contributed by atoms with van der Waals surface area (Å²) in [5.74, 6) is -4.12. The summed E-state index contributed by atoms with van der Waals surface area (Å²) in [6, 6.07) is 18.4. The summed E-state index contributed by atoms with van der Waals surface area (Å²) >= 11 is 0. The van der Waals surface area contributed by atoms with Gasteiger partial charge in [0.2, 0.25) is 11.8 Å². The first kappa shape index (κ1) is 25.2. The minimum absolute atomic E-state index is 0.0800. The second-order valence-corrected chi connectivity index (χ2v) is 9.84.